The zero-order valence-corrected chi connectivity index (χ0v) is 15.9. The number of rotatable bonds is 4. The van der Waals surface area contributed by atoms with Crippen molar-refractivity contribution < 1.29 is 4.92 Å². The van der Waals surface area contributed by atoms with Gasteiger partial charge in [-0.3, -0.25) is 15.5 Å². The quantitative estimate of drug-likeness (QED) is 0.350. The molecule has 4 saturated carbocycles. The lowest BCUT2D eigenvalue weighted by molar-refractivity contribution is -0.385. The van der Waals surface area contributed by atoms with E-state index in [1.165, 1.54) is 62.9 Å². The van der Waals surface area contributed by atoms with Gasteiger partial charge in [0.25, 0.3) is 5.69 Å². The number of nitro benzene ring substituents is 1. The molecule has 0 aromatic heterocycles. The summed E-state index contributed by atoms with van der Waals surface area (Å²) in [6, 6.07) is 4.37. The van der Waals surface area contributed by atoms with Gasteiger partial charge in [0.05, 0.1) is 16.7 Å². The lowest BCUT2D eigenvalue weighted by atomic mass is 9.53. The van der Waals surface area contributed by atoms with Crippen LogP contribution in [-0.2, 0) is 0 Å². The maximum Gasteiger partial charge on any atom is 0.278 e. The Morgan fingerprint density at radius 1 is 1.27 bits per heavy atom. The van der Waals surface area contributed by atoms with Crippen LogP contribution in [-0.4, -0.2) is 21.8 Å². The molecule has 0 heterocycles. The molecule has 0 unspecified atom stereocenters. The fourth-order valence-electron chi connectivity index (χ4n) is 5.49. The number of hydrogen-bond donors (Lipinski definition) is 2. The van der Waals surface area contributed by atoms with Gasteiger partial charge in [0, 0.05) is 16.6 Å². The van der Waals surface area contributed by atoms with Crippen molar-refractivity contribution in [2.75, 3.05) is 0 Å². The van der Waals surface area contributed by atoms with Crippen LogP contribution in [0.3, 0.4) is 0 Å². The van der Waals surface area contributed by atoms with Crippen molar-refractivity contribution in [3.05, 3.63) is 38.9 Å². The third-order valence-corrected chi connectivity index (χ3v) is 6.40. The van der Waals surface area contributed by atoms with Crippen molar-refractivity contribution in [1.29, 1.82) is 0 Å². The first kappa shape index (κ1) is 17.7. The van der Waals surface area contributed by atoms with Crippen LogP contribution in [0.4, 0.5) is 5.69 Å². The van der Waals surface area contributed by atoms with E-state index < -0.39 is 4.92 Å². The molecule has 0 amide bonds. The molecule has 4 aliphatic carbocycles. The number of nitrogens with one attached hydrogen (secondary N) is 2. The summed E-state index contributed by atoms with van der Waals surface area (Å²) in [5.41, 5.74) is 3.22. The topological polar surface area (TPSA) is 79.6 Å². The summed E-state index contributed by atoms with van der Waals surface area (Å²) in [6.45, 7) is 0. The van der Waals surface area contributed by atoms with E-state index in [9.17, 15) is 10.1 Å². The van der Waals surface area contributed by atoms with E-state index in [0.29, 0.717) is 15.7 Å². The number of halogens is 1. The molecule has 4 bridgehead atoms. The van der Waals surface area contributed by atoms with E-state index in [4.69, 9.17) is 23.8 Å². The molecule has 0 spiro atoms. The summed E-state index contributed by atoms with van der Waals surface area (Å²) in [6.07, 6.45) is 9.06. The Kier molecular flexibility index (Phi) is 4.61. The highest BCUT2D eigenvalue weighted by Crippen LogP contribution is 2.55. The maximum atomic E-state index is 11.1. The van der Waals surface area contributed by atoms with Gasteiger partial charge >= 0.3 is 0 Å². The van der Waals surface area contributed by atoms with E-state index in [2.05, 4.69) is 15.8 Å². The Morgan fingerprint density at radius 3 is 2.46 bits per heavy atom. The molecule has 8 heteroatoms. The summed E-state index contributed by atoms with van der Waals surface area (Å²) in [4.78, 5) is 10.6. The van der Waals surface area contributed by atoms with Crippen molar-refractivity contribution in [2.45, 2.75) is 44.1 Å². The van der Waals surface area contributed by atoms with E-state index in [1.54, 1.807) is 0 Å². The highest BCUT2D eigenvalue weighted by molar-refractivity contribution is 7.80. The van der Waals surface area contributed by atoms with Crippen LogP contribution in [0, 0.1) is 27.9 Å². The normalized spacial score (nSPS) is 32.0. The van der Waals surface area contributed by atoms with Gasteiger partial charge in [-0.1, -0.05) is 11.6 Å². The van der Waals surface area contributed by atoms with Gasteiger partial charge in [-0.2, -0.15) is 5.10 Å². The summed E-state index contributed by atoms with van der Waals surface area (Å²) < 4.78 is 0. The van der Waals surface area contributed by atoms with Crippen molar-refractivity contribution in [2.24, 2.45) is 22.9 Å². The summed E-state index contributed by atoms with van der Waals surface area (Å²) in [5.74, 6) is 2.48. The summed E-state index contributed by atoms with van der Waals surface area (Å²) >= 11 is 11.3. The van der Waals surface area contributed by atoms with Crippen LogP contribution in [0.5, 0.6) is 0 Å². The fraction of sp³-hybridized carbons (Fsp3) is 0.556. The van der Waals surface area contributed by atoms with E-state index >= 15 is 0 Å². The molecule has 138 valence electrons. The monoisotopic (exact) mass is 392 g/mol. The number of thiocarbonyl (C=S) groups is 1. The van der Waals surface area contributed by atoms with Gasteiger partial charge in [-0.05, 0) is 80.6 Å². The molecule has 1 aromatic carbocycles. The van der Waals surface area contributed by atoms with Crippen LogP contribution < -0.4 is 10.7 Å². The molecule has 0 radical (unpaired) electrons. The zero-order chi connectivity index (χ0) is 18.3. The second kappa shape index (κ2) is 6.78. The van der Waals surface area contributed by atoms with Gasteiger partial charge in [0.1, 0.15) is 0 Å². The minimum absolute atomic E-state index is 0.0417. The Morgan fingerprint density at radius 2 is 1.88 bits per heavy atom. The average molecular weight is 393 g/mol. The Balaban J connectivity index is 1.40. The minimum Gasteiger partial charge on any atom is -0.356 e. The number of nitro groups is 1. The molecule has 6 nitrogen and oxygen atoms in total. The van der Waals surface area contributed by atoms with E-state index in [0.717, 1.165) is 17.8 Å². The molecule has 5 rings (SSSR count). The lowest BCUT2D eigenvalue weighted by Crippen LogP contribution is -2.61. The molecule has 0 atom stereocenters. The largest absolute Gasteiger partial charge is 0.356 e. The van der Waals surface area contributed by atoms with Crippen LogP contribution in [0.2, 0.25) is 5.02 Å². The van der Waals surface area contributed by atoms with Crippen molar-refractivity contribution in [3.63, 3.8) is 0 Å². The molecule has 2 N–H and O–H groups in total. The zero-order valence-electron chi connectivity index (χ0n) is 14.3. The SMILES string of the molecule is O=[N+]([O-])c1ccc(Cl)cc1/C=N/NC(=S)NC12CC3CC(CC(C3)C1)C2. The highest BCUT2D eigenvalue weighted by Gasteiger charge is 2.51. The highest BCUT2D eigenvalue weighted by atomic mass is 35.5. The van der Waals surface area contributed by atoms with Crippen LogP contribution in [0.1, 0.15) is 44.1 Å². The first-order valence-electron chi connectivity index (χ1n) is 8.98. The summed E-state index contributed by atoms with van der Waals surface area (Å²) in [5, 5.41) is 19.6. The Labute approximate surface area is 162 Å². The molecule has 0 aliphatic heterocycles. The smallest absolute Gasteiger partial charge is 0.278 e. The van der Waals surface area contributed by atoms with Gasteiger partial charge in [0.15, 0.2) is 5.11 Å². The van der Waals surface area contributed by atoms with Crippen LogP contribution in [0.15, 0.2) is 23.3 Å². The third-order valence-electron chi connectivity index (χ3n) is 5.97. The van der Waals surface area contributed by atoms with Gasteiger partial charge in [-0.25, -0.2) is 0 Å². The number of hydrogen-bond acceptors (Lipinski definition) is 4. The van der Waals surface area contributed by atoms with Gasteiger partial charge < -0.3 is 5.32 Å². The number of benzene rings is 1. The number of hydrazone groups is 1. The number of nitrogens with zero attached hydrogens (tertiary/aromatic N) is 2. The van der Waals surface area contributed by atoms with Crippen molar-refractivity contribution >= 4 is 40.8 Å². The van der Waals surface area contributed by atoms with Crippen molar-refractivity contribution in [1.82, 2.24) is 10.7 Å². The molecule has 1 aromatic rings. The second-order valence-corrected chi connectivity index (χ2v) is 8.83. The van der Waals surface area contributed by atoms with E-state index in [-0.39, 0.29) is 11.2 Å². The van der Waals surface area contributed by atoms with Crippen LogP contribution >= 0.6 is 23.8 Å². The van der Waals surface area contributed by atoms with Gasteiger partial charge in [0.2, 0.25) is 0 Å². The average Bonchev–Trinajstić information content (AvgIpc) is 2.52. The van der Waals surface area contributed by atoms with Gasteiger partial charge in [-0.15, -0.1) is 0 Å². The summed E-state index contributed by atoms with van der Waals surface area (Å²) in [7, 11) is 0. The molecule has 4 aliphatic rings. The molecule has 26 heavy (non-hydrogen) atoms. The Bertz CT molecular complexity index is 747. The van der Waals surface area contributed by atoms with E-state index in [1.807, 2.05) is 0 Å². The second-order valence-electron chi connectivity index (χ2n) is 7.98. The standard InChI is InChI=1S/C18H21ClN4O2S/c19-15-1-2-16(23(24)25)14(6-15)10-20-22-17(26)21-18-7-11-3-12(8-18)5-13(4-11)9-18/h1-2,6,10-13H,3-5,7-9H2,(H2,21,22,26)/b20-10+. The maximum absolute atomic E-state index is 11.1. The predicted octanol–water partition coefficient (Wildman–Crippen LogP) is 4.02. The van der Waals surface area contributed by atoms with Crippen LogP contribution in [0.25, 0.3) is 0 Å². The molecular weight excluding hydrogens is 372 g/mol. The first-order chi connectivity index (χ1) is 12.4. The third kappa shape index (κ3) is 3.55. The van der Waals surface area contributed by atoms with Crippen molar-refractivity contribution in [3.8, 4) is 0 Å². The molecule has 4 fully saturated rings. The first-order valence-corrected chi connectivity index (χ1v) is 9.76. The minimum atomic E-state index is -0.455. The molecular formula is C18H21ClN4O2S. The fourth-order valence-corrected chi connectivity index (χ4v) is 5.94. The predicted molar refractivity (Wildman–Crippen MR) is 105 cm³/mol. The Hall–Kier alpha value is -1.73. The lowest BCUT2D eigenvalue weighted by Gasteiger charge is -2.57. The molecule has 0 saturated heterocycles.